The Hall–Kier alpha value is -4.06. The molecule has 0 aliphatic carbocycles. The van der Waals surface area contributed by atoms with Crippen molar-refractivity contribution in [2.75, 3.05) is 11.9 Å². The molecule has 0 saturated heterocycles. The SMILES string of the molecule is N#Cc1ccc(NC(=O)COC(=O)[C@H](Cc2ccccc2)n2cnnn2)cc1. The number of hydrogen-bond acceptors (Lipinski definition) is 7. The Bertz CT molecular complexity index is 965. The van der Waals surface area contributed by atoms with Gasteiger partial charge in [0.2, 0.25) is 0 Å². The van der Waals surface area contributed by atoms with Gasteiger partial charge in [-0.1, -0.05) is 30.3 Å². The maximum absolute atomic E-state index is 12.5. The second-order valence-electron chi connectivity index (χ2n) is 5.84. The van der Waals surface area contributed by atoms with Gasteiger partial charge in [-0.25, -0.2) is 9.48 Å². The van der Waals surface area contributed by atoms with E-state index in [-0.39, 0.29) is 0 Å². The van der Waals surface area contributed by atoms with Crippen molar-refractivity contribution in [2.45, 2.75) is 12.5 Å². The quantitative estimate of drug-likeness (QED) is 0.620. The molecule has 2 aromatic carbocycles. The summed E-state index contributed by atoms with van der Waals surface area (Å²) in [5, 5.41) is 22.3. The molecule has 0 saturated carbocycles. The number of nitriles is 1. The Labute approximate surface area is 160 Å². The average molecular weight is 376 g/mol. The molecular formula is C19H16N6O3. The number of carbonyl (C=O) groups is 2. The van der Waals surface area contributed by atoms with Crippen molar-refractivity contribution in [3.05, 3.63) is 72.1 Å². The number of anilines is 1. The van der Waals surface area contributed by atoms with Crippen molar-refractivity contribution in [1.82, 2.24) is 20.2 Å². The summed E-state index contributed by atoms with van der Waals surface area (Å²) in [6, 6.07) is 16.9. The first-order valence-electron chi connectivity index (χ1n) is 8.39. The maximum Gasteiger partial charge on any atom is 0.331 e. The van der Waals surface area contributed by atoms with Crippen LogP contribution in [0.4, 0.5) is 5.69 Å². The second kappa shape index (κ2) is 9.05. The van der Waals surface area contributed by atoms with E-state index >= 15 is 0 Å². The van der Waals surface area contributed by atoms with Gasteiger partial charge in [-0.05, 0) is 40.3 Å². The largest absolute Gasteiger partial charge is 0.454 e. The molecule has 0 unspecified atom stereocenters. The van der Waals surface area contributed by atoms with Gasteiger partial charge in [0.25, 0.3) is 5.91 Å². The number of rotatable bonds is 7. The number of aromatic nitrogens is 4. The van der Waals surface area contributed by atoms with Crippen molar-refractivity contribution in [3.63, 3.8) is 0 Å². The number of hydrogen-bond donors (Lipinski definition) is 1. The molecular weight excluding hydrogens is 360 g/mol. The Kier molecular flexibility index (Phi) is 6.05. The van der Waals surface area contributed by atoms with Crippen molar-refractivity contribution < 1.29 is 14.3 Å². The number of nitrogens with zero attached hydrogens (tertiary/aromatic N) is 5. The van der Waals surface area contributed by atoms with Crippen molar-refractivity contribution in [3.8, 4) is 6.07 Å². The van der Waals surface area contributed by atoms with Crippen LogP contribution in [0.2, 0.25) is 0 Å². The van der Waals surface area contributed by atoms with E-state index < -0.39 is 24.5 Å². The molecule has 140 valence electrons. The number of nitrogens with one attached hydrogen (secondary N) is 1. The maximum atomic E-state index is 12.5. The normalized spacial score (nSPS) is 11.2. The highest BCUT2D eigenvalue weighted by Crippen LogP contribution is 2.15. The lowest BCUT2D eigenvalue weighted by Crippen LogP contribution is -2.28. The average Bonchev–Trinajstić information content (AvgIpc) is 3.26. The van der Waals surface area contributed by atoms with E-state index in [2.05, 4.69) is 20.8 Å². The molecule has 9 heteroatoms. The van der Waals surface area contributed by atoms with Crippen LogP contribution in [0, 0.1) is 11.3 Å². The molecule has 1 aromatic heterocycles. The predicted octanol–water partition coefficient (Wildman–Crippen LogP) is 1.51. The molecule has 1 N–H and O–H groups in total. The number of amides is 1. The monoisotopic (exact) mass is 376 g/mol. The van der Waals surface area contributed by atoms with Gasteiger partial charge < -0.3 is 10.1 Å². The Morgan fingerprint density at radius 2 is 1.89 bits per heavy atom. The third-order valence-corrected chi connectivity index (χ3v) is 3.87. The summed E-state index contributed by atoms with van der Waals surface area (Å²) in [7, 11) is 0. The molecule has 3 rings (SSSR count). The minimum Gasteiger partial charge on any atom is -0.454 e. The Balaban J connectivity index is 1.60. The first kappa shape index (κ1) is 18.7. The second-order valence-corrected chi connectivity index (χ2v) is 5.84. The number of carbonyl (C=O) groups excluding carboxylic acids is 2. The summed E-state index contributed by atoms with van der Waals surface area (Å²) in [6.45, 7) is -0.452. The molecule has 1 amide bonds. The third kappa shape index (κ3) is 4.98. The van der Waals surface area contributed by atoms with Gasteiger partial charge in [0.15, 0.2) is 12.6 Å². The van der Waals surface area contributed by atoms with Crippen LogP contribution in [0.15, 0.2) is 60.9 Å². The predicted molar refractivity (Wildman–Crippen MR) is 97.7 cm³/mol. The number of esters is 1. The first-order valence-corrected chi connectivity index (χ1v) is 8.39. The Morgan fingerprint density at radius 3 is 2.54 bits per heavy atom. The van der Waals surface area contributed by atoms with Gasteiger partial charge in [-0.3, -0.25) is 4.79 Å². The number of benzene rings is 2. The molecule has 0 aliphatic heterocycles. The molecule has 9 nitrogen and oxygen atoms in total. The topological polar surface area (TPSA) is 123 Å². The van der Waals surface area contributed by atoms with Crippen LogP contribution in [0.25, 0.3) is 0 Å². The molecule has 0 fully saturated rings. The van der Waals surface area contributed by atoms with Gasteiger partial charge >= 0.3 is 5.97 Å². The summed E-state index contributed by atoms with van der Waals surface area (Å²) in [4.78, 5) is 24.6. The molecule has 1 atom stereocenters. The Morgan fingerprint density at radius 1 is 1.14 bits per heavy atom. The molecule has 28 heavy (non-hydrogen) atoms. The minimum absolute atomic E-state index is 0.321. The summed E-state index contributed by atoms with van der Waals surface area (Å²) >= 11 is 0. The van der Waals surface area contributed by atoms with Crippen LogP contribution in [-0.4, -0.2) is 38.7 Å². The summed E-state index contributed by atoms with van der Waals surface area (Å²) in [5.74, 6) is -1.11. The lowest BCUT2D eigenvalue weighted by molar-refractivity contribution is -0.151. The molecule has 0 spiro atoms. The molecule has 0 bridgehead atoms. The van der Waals surface area contributed by atoms with E-state index in [4.69, 9.17) is 10.00 Å². The van der Waals surface area contributed by atoms with E-state index in [1.54, 1.807) is 24.3 Å². The van der Waals surface area contributed by atoms with Crippen LogP contribution in [0.1, 0.15) is 17.2 Å². The smallest absolute Gasteiger partial charge is 0.331 e. The third-order valence-electron chi connectivity index (χ3n) is 3.87. The zero-order valence-electron chi connectivity index (χ0n) is 14.7. The van der Waals surface area contributed by atoms with E-state index in [9.17, 15) is 9.59 Å². The summed E-state index contributed by atoms with van der Waals surface area (Å²) in [5.41, 5.74) is 1.89. The van der Waals surface area contributed by atoms with E-state index in [1.165, 1.54) is 11.0 Å². The van der Waals surface area contributed by atoms with Gasteiger partial charge in [0.05, 0.1) is 11.6 Å². The number of ether oxygens (including phenoxy) is 1. The van der Waals surface area contributed by atoms with E-state index in [0.29, 0.717) is 17.7 Å². The first-order chi connectivity index (χ1) is 13.7. The lowest BCUT2D eigenvalue weighted by atomic mass is 10.1. The van der Waals surface area contributed by atoms with E-state index in [1.807, 2.05) is 36.4 Å². The van der Waals surface area contributed by atoms with Crippen LogP contribution in [0.5, 0.6) is 0 Å². The molecule has 0 radical (unpaired) electrons. The molecule has 0 aliphatic rings. The highest BCUT2D eigenvalue weighted by Gasteiger charge is 2.24. The van der Waals surface area contributed by atoms with Crippen molar-refractivity contribution in [1.29, 1.82) is 5.26 Å². The van der Waals surface area contributed by atoms with Crippen molar-refractivity contribution in [2.24, 2.45) is 0 Å². The van der Waals surface area contributed by atoms with Crippen LogP contribution in [0.3, 0.4) is 0 Å². The van der Waals surface area contributed by atoms with Crippen LogP contribution < -0.4 is 5.32 Å². The fourth-order valence-electron chi connectivity index (χ4n) is 2.49. The van der Waals surface area contributed by atoms with Crippen molar-refractivity contribution >= 4 is 17.6 Å². The van der Waals surface area contributed by atoms with Gasteiger partial charge in [-0.15, -0.1) is 5.10 Å². The van der Waals surface area contributed by atoms with Crippen LogP contribution >= 0.6 is 0 Å². The fraction of sp³-hybridized carbons (Fsp3) is 0.158. The lowest BCUT2D eigenvalue weighted by Gasteiger charge is -2.15. The summed E-state index contributed by atoms with van der Waals surface area (Å²) < 4.78 is 6.46. The molecule has 1 heterocycles. The fourth-order valence-corrected chi connectivity index (χ4v) is 2.49. The highest BCUT2D eigenvalue weighted by molar-refractivity contribution is 5.93. The van der Waals surface area contributed by atoms with Gasteiger partial charge in [0.1, 0.15) is 6.33 Å². The zero-order chi connectivity index (χ0) is 19.8. The highest BCUT2D eigenvalue weighted by atomic mass is 16.5. The van der Waals surface area contributed by atoms with Crippen LogP contribution in [-0.2, 0) is 20.7 Å². The zero-order valence-corrected chi connectivity index (χ0v) is 14.7. The number of tetrazole rings is 1. The van der Waals surface area contributed by atoms with Gasteiger partial charge in [-0.2, -0.15) is 5.26 Å². The molecule has 3 aromatic rings. The minimum atomic E-state index is -0.792. The summed E-state index contributed by atoms with van der Waals surface area (Å²) in [6.07, 6.45) is 1.65. The van der Waals surface area contributed by atoms with E-state index in [0.717, 1.165) is 5.56 Å². The standard InChI is InChI=1S/C19H16N6O3/c20-11-15-6-8-16(9-7-15)22-18(26)12-28-19(27)17(25-13-21-23-24-25)10-14-4-2-1-3-5-14/h1-9,13,17H,10,12H2,(H,22,26)/t17-/m0/s1. The van der Waals surface area contributed by atoms with Gasteiger partial charge in [0, 0.05) is 12.1 Å².